The fourth-order valence-electron chi connectivity index (χ4n) is 0.944. The quantitative estimate of drug-likeness (QED) is 0.227. The minimum absolute atomic E-state index is 0.690. The van der Waals surface area contributed by atoms with Crippen molar-refractivity contribution in [3.63, 3.8) is 0 Å². The van der Waals surface area contributed by atoms with Gasteiger partial charge in [-0.05, 0) is 6.08 Å². The van der Waals surface area contributed by atoms with Crippen LogP contribution in [0, 0.1) is 0 Å². The SMILES string of the molecule is NCCNCCNCCNCC=CO. The molecule has 0 atom stereocenters. The van der Waals surface area contributed by atoms with Gasteiger partial charge in [-0.15, -0.1) is 0 Å². The maximum Gasteiger partial charge on any atom is 0.0764 e. The van der Waals surface area contributed by atoms with Crippen LogP contribution in [0.15, 0.2) is 12.3 Å². The van der Waals surface area contributed by atoms with E-state index < -0.39 is 0 Å². The van der Waals surface area contributed by atoms with Gasteiger partial charge in [0.15, 0.2) is 0 Å². The van der Waals surface area contributed by atoms with Crippen LogP contribution in [0.5, 0.6) is 0 Å². The summed E-state index contributed by atoms with van der Waals surface area (Å²) in [5.41, 5.74) is 5.32. The van der Waals surface area contributed by atoms with Crippen LogP contribution in [-0.4, -0.2) is 50.9 Å². The standard InChI is InChI=1S/C9H22N4O/c10-2-4-12-6-8-13-7-5-11-3-1-9-14/h1,9,11-14H,2-8,10H2. The maximum atomic E-state index is 8.33. The topological polar surface area (TPSA) is 82.3 Å². The van der Waals surface area contributed by atoms with E-state index in [9.17, 15) is 0 Å². The van der Waals surface area contributed by atoms with Crippen molar-refractivity contribution in [2.45, 2.75) is 0 Å². The van der Waals surface area contributed by atoms with Gasteiger partial charge in [-0.1, -0.05) is 0 Å². The molecule has 0 aromatic heterocycles. The Hall–Kier alpha value is -0.620. The second-order valence-electron chi connectivity index (χ2n) is 2.88. The van der Waals surface area contributed by atoms with Crippen molar-refractivity contribution in [2.75, 3.05) is 45.8 Å². The highest BCUT2D eigenvalue weighted by Gasteiger charge is 1.86. The zero-order chi connectivity index (χ0) is 10.5. The van der Waals surface area contributed by atoms with Gasteiger partial charge in [-0.2, -0.15) is 0 Å². The molecular weight excluding hydrogens is 180 g/mol. The van der Waals surface area contributed by atoms with Crippen LogP contribution in [0.2, 0.25) is 0 Å². The summed E-state index contributed by atoms with van der Waals surface area (Å²) in [6, 6.07) is 0. The summed E-state index contributed by atoms with van der Waals surface area (Å²) in [6.45, 7) is 6.02. The predicted octanol–water partition coefficient (Wildman–Crippen LogP) is -1.21. The summed E-state index contributed by atoms with van der Waals surface area (Å²) in [5, 5.41) is 17.9. The van der Waals surface area contributed by atoms with Gasteiger partial charge in [-0.3, -0.25) is 0 Å². The maximum absolute atomic E-state index is 8.33. The van der Waals surface area contributed by atoms with Gasteiger partial charge in [0.25, 0.3) is 0 Å². The van der Waals surface area contributed by atoms with E-state index in [0.29, 0.717) is 13.1 Å². The lowest BCUT2D eigenvalue weighted by Gasteiger charge is -2.05. The number of hydrogen-bond acceptors (Lipinski definition) is 5. The minimum Gasteiger partial charge on any atom is -0.516 e. The highest BCUT2D eigenvalue weighted by molar-refractivity contribution is 4.74. The largest absolute Gasteiger partial charge is 0.516 e. The highest BCUT2D eigenvalue weighted by atomic mass is 16.2. The molecule has 84 valence electrons. The second kappa shape index (κ2) is 12.4. The molecule has 0 aromatic rings. The van der Waals surface area contributed by atoms with E-state index in [4.69, 9.17) is 10.8 Å². The first-order valence-electron chi connectivity index (χ1n) is 5.03. The molecule has 0 aromatic carbocycles. The molecule has 5 heteroatoms. The van der Waals surface area contributed by atoms with E-state index in [1.807, 2.05) is 0 Å². The summed E-state index contributed by atoms with van der Waals surface area (Å²) in [4.78, 5) is 0. The molecule has 0 amide bonds. The van der Waals surface area contributed by atoms with Crippen LogP contribution in [0.25, 0.3) is 0 Å². The van der Waals surface area contributed by atoms with Gasteiger partial charge in [-0.25, -0.2) is 0 Å². The van der Waals surface area contributed by atoms with Crippen LogP contribution < -0.4 is 21.7 Å². The first-order chi connectivity index (χ1) is 6.91. The zero-order valence-electron chi connectivity index (χ0n) is 8.63. The number of rotatable bonds is 10. The lowest BCUT2D eigenvalue weighted by Crippen LogP contribution is -2.34. The summed E-state index contributed by atoms with van der Waals surface area (Å²) in [7, 11) is 0. The second-order valence-corrected chi connectivity index (χ2v) is 2.88. The van der Waals surface area contributed by atoms with E-state index in [-0.39, 0.29) is 0 Å². The third kappa shape index (κ3) is 11.4. The first-order valence-corrected chi connectivity index (χ1v) is 5.03. The molecule has 6 N–H and O–H groups in total. The third-order valence-electron chi connectivity index (χ3n) is 1.65. The van der Waals surface area contributed by atoms with E-state index in [0.717, 1.165) is 39.0 Å². The molecule has 0 radical (unpaired) electrons. The zero-order valence-corrected chi connectivity index (χ0v) is 8.63. The molecule has 14 heavy (non-hydrogen) atoms. The smallest absolute Gasteiger partial charge is 0.0764 e. The van der Waals surface area contributed by atoms with E-state index in [1.54, 1.807) is 6.08 Å². The fourth-order valence-corrected chi connectivity index (χ4v) is 0.944. The van der Waals surface area contributed by atoms with Crippen molar-refractivity contribution in [1.29, 1.82) is 0 Å². The molecule has 0 unspecified atom stereocenters. The molecular formula is C9H22N4O. The van der Waals surface area contributed by atoms with Gasteiger partial charge in [0.1, 0.15) is 0 Å². The predicted molar refractivity (Wildman–Crippen MR) is 59.4 cm³/mol. The molecule has 5 nitrogen and oxygen atoms in total. The van der Waals surface area contributed by atoms with Crippen LogP contribution in [0.1, 0.15) is 0 Å². The van der Waals surface area contributed by atoms with Crippen LogP contribution in [-0.2, 0) is 0 Å². The average molecular weight is 202 g/mol. The first kappa shape index (κ1) is 13.4. The molecule has 0 aliphatic rings. The molecule has 0 aliphatic heterocycles. The molecule has 0 saturated carbocycles. The van der Waals surface area contributed by atoms with Crippen molar-refractivity contribution >= 4 is 0 Å². The molecule has 0 fully saturated rings. The Morgan fingerprint density at radius 3 is 2.07 bits per heavy atom. The van der Waals surface area contributed by atoms with Crippen LogP contribution in [0.3, 0.4) is 0 Å². The molecule has 0 rings (SSSR count). The van der Waals surface area contributed by atoms with Crippen molar-refractivity contribution in [3.05, 3.63) is 12.3 Å². The van der Waals surface area contributed by atoms with Gasteiger partial charge in [0.2, 0.25) is 0 Å². The Bertz CT molecular complexity index is 130. The van der Waals surface area contributed by atoms with Crippen molar-refractivity contribution in [2.24, 2.45) is 5.73 Å². The summed E-state index contributed by atoms with van der Waals surface area (Å²) < 4.78 is 0. The van der Waals surface area contributed by atoms with Crippen molar-refractivity contribution in [1.82, 2.24) is 16.0 Å². The normalized spacial score (nSPS) is 11.2. The number of aliphatic hydroxyl groups excluding tert-OH is 1. The lowest BCUT2D eigenvalue weighted by atomic mass is 10.5. The minimum atomic E-state index is 0.690. The molecule has 0 aliphatic carbocycles. The highest BCUT2D eigenvalue weighted by Crippen LogP contribution is 1.64. The van der Waals surface area contributed by atoms with E-state index in [2.05, 4.69) is 16.0 Å². The number of aliphatic hydroxyl groups is 1. The third-order valence-corrected chi connectivity index (χ3v) is 1.65. The van der Waals surface area contributed by atoms with Gasteiger partial charge in [0.05, 0.1) is 6.26 Å². The molecule has 0 spiro atoms. The lowest BCUT2D eigenvalue weighted by molar-refractivity contribution is 0.470. The molecule has 0 saturated heterocycles. The Kier molecular flexibility index (Phi) is 11.8. The Morgan fingerprint density at radius 2 is 1.50 bits per heavy atom. The Labute approximate surface area is 85.8 Å². The van der Waals surface area contributed by atoms with Crippen LogP contribution in [0.4, 0.5) is 0 Å². The molecule has 0 heterocycles. The number of nitrogens with two attached hydrogens (primary N) is 1. The van der Waals surface area contributed by atoms with Gasteiger partial charge >= 0.3 is 0 Å². The molecule has 0 bridgehead atoms. The van der Waals surface area contributed by atoms with E-state index in [1.165, 1.54) is 0 Å². The van der Waals surface area contributed by atoms with Crippen molar-refractivity contribution in [3.8, 4) is 0 Å². The fraction of sp³-hybridized carbons (Fsp3) is 0.778. The van der Waals surface area contributed by atoms with E-state index >= 15 is 0 Å². The Morgan fingerprint density at radius 1 is 0.929 bits per heavy atom. The number of hydrogen-bond donors (Lipinski definition) is 5. The summed E-state index contributed by atoms with van der Waals surface area (Å²) in [5.74, 6) is 0. The van der Waals surface area contributed by atoms with Gasteiger partial charge in [0, 0.05) is 45.8 Å². The summed E-state index contributed by atoms with van der Waals surface area (Å²) in [6.07, 6.45) is 2.72. The Balaban J connectivity index is 2.85. The average Bonchev–Trinajstić information content (AvgIpc) is 2.21. The summed E-state index contributed by atoms with van der Waals surface area (Å²) >= 11 is 0. The van der Waals surface area contributed by atoms with Gasteiger partial charge < -0.3 is 26.8 Å². The van der Waals surface area contributed by atoms with Crippen molar-refractivity contribution < 1.29 is 5.11 Å². The monoisotopic (exact) mass is 202 g/mol. The van der Waals surface area contributed by atoms with Crippen LogP contribution >= 0.6 is 0 Å². The number of nitrogens with one attached hydrogen (secondary N) is 3.